The predicted molar refractivity (Wildman–Crippen MR) is 95.0 cm³/mol. The van der Waals surface area contributed by atoms with E-state index in [2.05, 4.69) is 16.0 Å². The van der Waals surface area contributed by atoms with E-state index < -0.39 is 0 Å². The van der Waals surface area contributed by atoms with E-state index in [0.29, 0.717) is 0 Å². The van der Waals surface area contributed by atoms with Gasteiger partial charge in [-0.05, 0) is 53.6 Å². The minimum absolute atomic E-state index is 0.825. The maximum absolute atomic E-state index is 4.76. The minimum atomic E-state index is 0.825. The van der Waals surface area contributed by atoms with Gasteiger partial charge in [-0.2, -0.15) is 0 Å². The maximum atomic E-state index is 4.76. The third-order valence-electron chi connectivity index (χ3n) is 3.70. The number of pyridine rings is 3. The number of rotatable bonds is 3. The molecule has 0 unspecified atom stereocenters. The third-order valence-corrected chi connectivity index (χ3v) is 3.70. The van der Waals surface area contributed by atoms with Crippen molar-refractivity contribution in [3.05, 3.63) is 91.3 Å². The van der Waals surface area contributed by atoms with Crippen molar-refractivity contribution in [3.63, 3.8) is 0 Å². The van der Waals surface area contributed by atoms with Gasteiger partial charge in [0.05, 0.1) is 22.8 Å². The Labute approximate surface area is 140 Å². The summed E-state index contributed by atoms with van der Waals surface area (Å²) in [6, 6.07) is 26.9. The van der Waals surface area contributed by atoms with Gasteiger partial charge >= 0.3 is 0 Å². The van der Waals surface area contributed by atoms with Gasteiger partial charge in [-0.15, -0.1) is 0 Å². The standard InChI is InChI=1S/C21H14N3/c1-2-8-16(9-3-1)17-14-20(18-10-4-6-12-22-18)24-21(15-17)19-11-5-7-13-23-19/h1-8,10-15H. The van der Waals surface area contributed by atoms with Gasteiger partial charge in [0.15, 0.2) is 0 Å². The van der Waals surface area contributed by atoms with Gasteiger partial charge in [0.2, 0.25) is 0 Å². The average Bonchev–Trinajstić information content (AvgIpc) is 2.70. The molecule has 3 nitrogen and oxygen atoms in total. The first-order chi connectivity index (χ1) is 11.9. The summed E-state index contributed by atoms with van der Waals surface area (Å²) in [5.41, 5.74) is 5.40. The van der Waals surface area contributed by atoms with Crippen LogP contribution >= 0.6 is 0 Å². The van der Waals surface area contributed by atoms with Crippen LogP contribution in [0.3, 0.4) is 0 Å². The molecule has 1 radical (unpaired) electrons. The van der Waals surface area contributed by atoms with Crippen LogP contribution in [0.5, 0.6) is 0 Å². The second kappa shape index (κ2) is 6.42. The van der Waals surface area contributed by atoms with E-state index in [1.54, 1.807) is 12.4 Å². The molecule has 0 atom stereocenters. The first-order valence-electron chi connectivity index (χ1n) is 7.72. The molecule has 1 aromatic carbocycles. The Balaban J connectivity index is 1.92. The van der Waals surface area contributed by atoms with Crippen LogP contribution in [0, 0.1) is 6.07 Å². The van der Waals surface area contributed by atoms with Crippen LogP contribution in [0.2, 0.25) is 0 Å². The summed E-state index contributed by atoms with van der Waals surface area (Å²) in [4.78, 5) is 13.6. The number of aromatic nitrogens is 3. The van der Waals surface area contributed by atoms with Crippen LogP contribution in [-0.4, -0.2) is 15.0 Å². The SMILES string of the molecule is [c]1ccccc1-c1cc(-c2ccccn2)nc(-c2ccccn2)c1. The molecule has 3 heterocycles. The summed E-state index contributed by atoms with van der Waals surface area (Å²) in [7, 11) is 0. The van der Waals surface area contributed by atoms with Crippen molar-refractivity contribution in [2.75, 3.05) is 0 Å². The van der Waals surface area contributed by atoms with E-state index in [1.807, 2.05) is 72.8 Å². The largest absolute Gasteiger partial charge is 0.255 e. The van der Waals surface area contributed by atoms with E-state index in [1.165, 1.54) is 0 Å². The van der Waals surface area contributed by atoms with Gasteiger partial charge in [-0.25, -0.2) is 4.98 Å². The van der Waals surface area contributed by atoms with Gasteiger partial charge in [0, 0.05) is 12.4 Å². The molecule has 0 N–H and O–H groups in total. The molecule has 0 saturated heterocycles. The molecule has 0 saturated carbocycles. The summed E-state index contributed by atoms with van der Waals surface area (Å²) in [5, 5.41) is 0. The molecule has 4 aromatic rings. The molecule has 24 heavy (non-hydrogen) atoms. The quantitative estimate of drug-likeness (QED) is 0.552. The zero-order valence-corrected chi connectivity index (χ0v) is 12.9. The zero-order chi connectivity index (χ0) is 16.2. The minimum Gasteiger partial charge on any atom is -0.255 e. The number of hydrogen-bond acceptors (Lipinski definition) is 3. The fourth-order valence-electron chi connectivity index (χ4n) is 2.55. The van der Waals surface area contributed by atoms with Gasteiger partial charge in [0.25, 0.3) is 0 Å². The normalized spacial score (nSPS) is 10.5. The number of benzene rings is 1. The Morgan fingerprint density at radius 3 is 1.75 bits per heavy atom. The molecule has 4 rings (SSSR count). The number of nitrogens with zero attached hydrogens (tertiary/aromatic N) is 3. The third kappa shape index (κ3) is 2.92. The average molecular weight is 308 g/mol. The van der Waals surface area contributed by atoms with Crippen molar-refractivity contribution in [2.45, 2.75) is 0 Å². The second-order valence-corrected chi connectivity index (χ2v) is 5.33. The first kappa shape index (κ1) is 14.3. The molecule has 3 heteroatoms. The summed E-state index contributed by atoms with van der Waals surface area (Å²) >= 11 is 0. The highest BCUT2D eigenvalue weighted by molar-refractivity contribution is 5.74. The van der Waals surface area contributed by atoms with Crippen LogP contribution in [0.4, 0.5) is 0 Å². The molecule has 0 amide bonds. The molecule has 0 aliphatic heterocycles. The molecular formula is C21H14N3. The number of hydrogen-bond donors (Lipinski definition) is 0. The second-order valence-electron chi connectivity index (χ2n) is 5.33. The Morgan fingerprint density at radius 1 is 0.625 bits per heavy atom. The smallest absolute Gasteiger partial charge is 0.0900 e. The molecule has 0 fully saturated rings. The van der Waals surface area contributed by atoms with E-state index in [0.717, 1.165) is 33.9 Å². The zero-order valence-electron chi connectivity index (χ0n) is 12.9. The van der Waals surface area contributed by atoms with Crippen LogP contribution in [0.15, 0.2) is 85.2 Å². The van der Waals surface area contributed by atoms with Crippen molar-refractivity contribution in [2.24, 2.45) is 0 Å². The fraction of sp³-hybridized carbons (Fsp3) is 0. The Kier molecular flexibility index (Phi) is 3.82. The molecule has 113 valence electrons. The van der Waals surface area contributed by atoms with Crippen molar-refractivity contribution in [1.29, 1.82) is 0 Å². The van der Waals surface area contributed by atoms with Crippen LogP contribution < -0.4 is 0 Å². The molecule has 0 bridgehead atoms. The van der Waals surface area contributed by atoms with Crippen LogP contribution in [-0.2, 0) is 0 Å². The van der Waals surface area contributed by atoms with Crippen molar-refractivity contribution in [3.8, 4) is 33.9 Å². The Bertz CT molecular complexity index is 797. The Morgan fingerprint density at radius 2 is 1.25 bits per heavy atom. The van der Waals surface area contributed by atoms with E-state index in [9.17, 15) is 0 Å². The van der Waals surface area contributed by atoms with Gasteiger partial charge in [-0.3, -0.25) is 9.97 Å². The topological polar surface area (TPSA) is 38.7 Å². The summed E-state index contributed by atoms with van der Waals surface area (Å²) < 4.78 is 0. The highest BCUT2D eigenvalue weighted by Gasteiger charge is 2.09. The summed E-state index contributed by atoms with van der Waals surface area (Å²) in [6.07, 6.45) is 3.55. The fourth-order valence-corrected chi connectivity index (χ4v) is 2.55. The lowest BCUT2D eigenvalue weighted by atomic mass is 10.0. The highest BCUT2D eigenvalue weighted by Crippen LogP contribution is 2.28. The van der Waals surface area contributed by atoms with Crippen molar-refractivity contribution < 1.29 is 0 Å². The molecule has 3 aromatic heterocycles. The monoisotopic (exact) mass is 308 g/mol. The molecule has 0 aliphatic carbocycles. The molecule has 0 spiro atoms. The Hall–Kier alpha value is -3.33. The van der Waals surface area contributed by atoms with Crippen molar-refractivity contribution in [1.82, 2.24) is 15.0 Å². The van der Waals surface area contributed by atoms with E-state index in [4.69, 9.17) is 4.98 Å². The van der Waals surface area contributed by atoms with E-state index in [-0.39, 0.29) is 0 Å². The lowest BCUT2D eigenvalue weighted by Gasteiger charge is -2.09. The lowest BCUT2D eigenvalue weighted by Crippen LogP contribution is -1.93. The van der Waals surface area contributed by atoms with Gasteiger partial charge < -0.3 is 0 Å². The van der Waals surface area contributed by atoms with Crippen molar-refractivity contribution >= 4 is 0 Å². The lowest BCUT2D eigenvalue weighted by molar-refractivity contribution is 1.22. The van der Waals surface area contributed by atoms with Crippen LogP contribution in [0.1, 0.15) is 0 Å². The summed E-state index contributed by atoms with van der Waals surface area (Å²) in [6.45, 7) is 0. The van der Waals surface area contributed by atoms with Gasteiger partial charge in [-0.1, -0.05) is 36.4 Å². The predicted octanol–water partition coefficient (Wildman–Crippen LogP) is 4.67. The highest BCUT2D eigenvalue weighted by atomic mass is 14.8. The first-order valence-corrected chi connectivity index (χ1v) is 7.72. The summed E-state index contributed by atoms with van der Waals surface area (Å²) in [5.74, 6) is 0. The molecular weight excluding hydrogens is 294 g/mol. The maximum Gasteiger partial charge on any atom is 0.0900 e. The van der Waals surface area contributed by atoms with Gasteiger partial charge in [0.1, 0.15) is 0 Å². The van der Waals surface area contributed by atoms with E-state index >= 15 is 0 Å². The van der Waals surface area contributed by atoms with Crippen LogP contribution in [0.25, 0.3) is 33.9 Å². The molecule has 0 aliphatic rings.